The van der Waals surface area contributed by atoms with E-state index in [4.69, 9.17) is 9.47 Å². The van der Waals surface area contributed by atoms with Crippen LogP contribution in [0.15, 0.2) is 24.3 Å². The first-order chi connectivity index (χ1) is 12.8. The van der Waals surface area contributed by atoms with E-state index >= 15 is 0 Å². The fourth-order valence-electron chi connectivity index (χ4n) is 2.19. The van der Waals surface area contributed by atoms with E-state index in [9.17, 15) is 14.4 Å². The molecule has 0 aromatic heterocycles. The van der Waals surface area contributed by atoms with Gasteiger partial charge in [-0.15, -0.1) is 0 Å². The highest BCUT2D eigenvalue weighted by molar-refractivity contribution is 5.84. The maximum Gasteiger partial charge on any atom is 0.407 e. The van der Waals surface area contributed by atoms with Crippen LogP contribution in [-0.4, -0.2) is 36.7 Å². The number of hydrogen-bond donors (Lipinski definition) is 2. The fourth-order valence-corrected chi connectivity index (χ4v) is 2.19. The number of likely N-dealkylation sites (N-methyl/N-ethyl adjacent to an activating group) is 1. The predicted octanol–water partition coefficient (Wildman–Crippen LogP) is 3.38. The standard InChI is InChI=1S/C21H32N2O5/c1-8-22-17(24)16(13-23-19(26)28-21(5,6)7)14-9-11-15(12-10-14)27-18(25)20(2,3)4/h9-12,16H,8,13H2,1-7H3,(H,22,24)(H,23,26). The second kappa shape index (κ2) is 9.57. The lowest BCUT2D eigenvalue weighted by Gasteiger charge is -2.22. The second-order valence-electron chi connectivity index (χ2n) is 8.54. The number of benzene rings is 1. The third-order valence-corrected chi connectivity index (χ3v) is 3.62. The van der Waals surface area contributed by atoms with Gasteiger partial charge in [-0.1, -0.05) is 12.1 Å². The molecule has 0 spiro atoms. The summed E-state index contributed by atoms with van der Waals surface area (Å²) in [5, 5.41) is 5.40. The molecule has 0 aliphatic carbocycles. The average molecular weight is 392 g/mol. The van der Waals surface area contributed by atoms with Crippen molar-refractivity contribution in [1.29, 1.82) is 0 Å². The highest BCUT2D eigenvalue weighted by atomic mass is 16.6. The molecule has 0 fully saturated rings. The van der Waals surface area contributed by atoms with E-state index in [1.807, 2.05) is 6.92 Å². The van der Waals surface area contributed by atoms with Crippen molar-refractivity contribution in [3.8, 4) is 5.75 Å². The molecule has 0 saturated carbocycles. The third kappa shape index (κ3) is 7.98. The van der Waals surface area contributed by atoms with Crippen LogP contribution < -0.4 is 15.4 Å². The lowest BCUT2D eigenvalue weighted by Crippen LogP contribution is -2.39. The third-order valence-electron chi connectivity index (χ3n) is 3.62. The molecule has 1 rings (SSSR count). The summed E-state index contributed by atoms with van der Waals surface area (Å²) in [7, 11) is 0. The number of ether oxygens (including phenoxy) is 2. The van der Waals surface area contributed by atoms with E-state index in [-0.39, 0.29) is 18.4 Å². The summed E-state index contributed by atoms with van der Waals surface area (Å²) in [6.45, 7) is 13.0. The van der Waals surface area contributed by atoms with Crippen molar-refractivity contribution in [1.82, 2.24) is 10.6 Å². The largest absolute Gasteiger partial charge is 0.444 e. The minimum absolute atomic E-state index is 0.0852. The predicted molar refractivity (Wildman–Crippen MR) is 107 cm³/mol. The van der Waals surface area contributed by atoms with Gasteiger partial charge in [-0.05, 0) is 66.2 Å². The van der Waals surface area contributed by atoms with Crippen LogP contribution in [0.25, 0.3) is 0 Å². The molecule has 1 atom stereocenters. The van der Waals surface area contributed by atoms with Crippen LogP contribution in [0.3, 0.4) is 0 Å². The zero-order chi connectivity index (χ0) is 21.5. The van der Waals surface area contributed by atoms with Gasteiger partial charge in [-0.25, -0.2) is 4.79 Å². The number of nitrogens with one attached hydrogen (secondary N) is 2. The summed E-state index contributed by atoms with van der Waals surface area (Å²) in [4.78, 5) is 36.4. The van der Waals surface area contributed by atoms with Crippen molar-refractivity contribution < 1.29 is 23.9 Å². The van der Waals surface area contributed by atoms with Crippen LogP contribution in [0.2, 0.25) is 0 Å². The van der Waals surface area contributed by atoms with Crippen LogP contribution >= 0.6 is 0 Å². The highest BCUT2D eigenvalue weighted by Crippen LogP contribution is 2.23. The Morgan fingerprint density at radius 1 is 0.964 bits per heavy atom. The molecule has 1 unspecified atom stereocenters. The molecular weight excluding hydrogens is 360 g/mol. The van der Waals surface area contributed by atoms with E-state index in [1.165, 1.54) is 0 Å². The Bertz CT molecular complexity index is 684. The van der Waals surface area contributed by atoms with E-state index in [2.05, 4.69) is 10.6 Å². The molecule has 0 saturated heterocycles. The van der Waals surface area contributed by atoms with Crippen molar-refractivity contribution in [2.45, 2.75) is 60.0 Å². The van der Waals surface area contributed by atoms with E-state index in [1.54, 1.807) is 65.8 Å². The van der Waals surface area contributed by atoms with Crippen LogP contribution in [0.5, 0.6) is 5.75 Å². The van der Waals surface area contributed by atoms with Crippen LogP contribution in [0.1, 0.15) is 59.9 Å². The summed E-state index contributed by atoms with van der Waals surface area (Å²) in [6, 6.07) is 6.70. The zero-order valence-electron chi connectivity index (χ0n) is 17.8. The Morgan fingerprint density at radius 2 is 1.54 bits per heavy atom. The van der Waals surface area contributed by atoms with Gasteiger partial charge in [0.1, 0.15) is 11.4 Å². The molecule has 0 heterocycles. The Labute approximate surface area is 167 Å². The Kier molecular flexibility index (Phi) is 8.02. The molecule has 0 aliphatic heterocycles. The molecule has 7 heteroatoms. The molecule has 28 heavy (non-hydrogen) atoms. The molecule has 156 valence electrons. The van der Waals surface area contributed by atoms with Gasteiger partial charge in [0.15, 0.2) is 0 Å². The molecule has 1 aromatic carbocycles. The van der Waals surface area contributed by atoms with Gasteiger partial charge in [0.05, 0.1) is 11.3 Å². The van der Waals surface area contributed by atoms with Crippen molar-refractivity contribution in [3.63, 3.8) is 0 Å². The summed E-state index contributed by atoms with van der Waals surface area (Å²) in [5.41, 5.74) is -0.541. The summed E-state index contributed by atoms with van der Waals surface area (Å²) in [5.74, 6) is -0.747. The topological polar surface area (TPSA) is 93.7 Å². The lowest BCUT2D eigenvalue weighted by molar-refractivity contribution is -0.143. The molecule has 0 bridgehead atoms. The highest BCUT2D eigenvalue weighted by Gasteiger charge is 2.25. The van der Waals surface area contributed by atoms with Gasteiger partial charge in [-0.3, -0.25) is 9.59 Å². The quantitative estimate of drug-likeness (QED) is 0.572. The number of esters is 1. The lowest BCUT2D eigenvalue weighted by atomic mass is 9.97. The van der Waals surface area contributed by atoms with Crippen molar-refractivity contribution >= 4 is 18.0 Å². The minimum Gasteiger partial charge on any atom is -0.444 e. The van der Waals surface area contributed by atoms with E-state index in [0.717, 1.165) is 0 Å². The first-order valence-electron chi connectivity index (χ1n) is 9.40. The number of carbonyl (C=O) groups is 3. The number of amides is 2. The molecule has 7 nitrogen and oxygen atoms in total. The second-order valence-corrected chi connectivity index (χ2v) is 8.54. The maximum absolute atomic E-state index is 12.4. The van der Waals surface area contributed by atoms with Crippen LogP contribution in [0, 0.1) is 5.41 Å². The van der Waals surface area contributed by atoms with Crippen molar-refractivity contribution in [3.05, 3.63) is 29.8 Å². The summed E-state index contributed by atoms with van der Waals surface area (Å²) < 4.78 is 10.6. The SMILES string of the molecule is CCNC(=O)C(CNC(=O)OC(C)(C)C)c1ccc(OC(=O)C(C)(C)C)cc1. The normalized spacial score (nSPS) is 12.7. The first-order valence-corrected chi connectivity index (χ1v) is 9.40. The maximum atomic E-state index is 12.4. The zero-order valence-corrected chi connectivity index (χ0v) is 17.8. The Balaban J connectivity index is 2.89. The van der Waals surface area contributed by atoms with Gasteiger partial charge in [0.25, 0.3) is 0 Å². The van der Waals surface area contributed by atoms with Gasteiger partial charge < -0.3 is 20.1 Å². The summed E-state index contributed by atoms with van der Waals surface area (Å²) in [6.07, 6.45) is -0.586. The van der Waals surface area contributed by atoms with Crippen LogP contribution in [-0.2, 0) is 14.3 Å². The fraction of sp³-hybridized carbons (Fsp3) is 0.571. The van der Waals surface area contributed by atoms with E-state index < -0.39 is 23.0 Å². The molecule has 2 N–H and O–H groups in total. The molecule has 1 aromatic rings. The van der Waals surface area contributed by atoms with Gasteiger partial charge in [-0.2, -0.15) is 0 Å². The monoisotopic (exact) mass is 392 g/mol. The number of carbonyl (C=O) groups excluding carboxylic acids is 3. The number of rotatable bonds is 6. The van der Waals surface area contributed by atoms with Gasteiger partial charge in [0.2, 0.25) is 5.91 Å². The van der Waals surface area contributed by atoms with Crippen molar-refractivity contribution in [2.75, 3.05) is 13.1 Å². The number of alkyl carbamates (subject to hydrolysis) is 1. The molecule has 0 radical (unpaired) electrons. The molecule has 0 aliphatic rings. The average Bonchev–Trinajstić information content (AvgIpc) is 2.54. The minimum atomic E-state index is -0.621. The molecule has 2 amide bonds. The smallest absolute Gasteiger partial charge is 0.407 e. The molecular formula is C21H32N2O5. The Hall–Kier alpha value is -2.57. The van der Waals surface area contributed by atoms with Gasteiger partial charge in [0, 0.05) is 13.1 Å². The van der Waals surface area contributed by atoms with Crippen molar-refractivity contribution in [2.24, 2.45) is 5.41 Å². The Morgan fingerprint density at radius 3 is 2.00 bits per heavy atom. The van der Waals surface area contributed by atoms with Gasteiger partial charge >= 0.3 is 12.1 Å². The van der Waals surface area contributed by atoms with E-state index in [0.29, 0.717) is 17.9 Å². The first kappa shape index (κ1) is 23.5. The summed E-state index contributed by atoms with van der Waals surface area (Å²) >= 11 is 0. The van der Waals surface area contributed by atoms with Crippen LogP contribution in [0.4, 0.5) is 4.79 Å². The number of hydrogen-bond acceptors (Lipinski definition) is 5.